The number of fused-ring (bicyclic) bond motifs is 6. The number of para-hydroxylation sites is 1. The molecular formula is C58H46N2. The van der Waals surface area contributed by atoms with Crippen molar-refractivity contribution < 1.29 is 0 Å². The van der Waals surface area contributed by atoms with Crippen LogP contribution in [-0.4, -0.2) is 0 Å². The van der Waals surface area contributed by atoms with Crippen molar-refractivity contribution in [2.75, 3.05) is 9.80 Å². The van der Waals surface area contributed by atoms with Crippen molar-refractivity contribution in [2.24, 2.45) is 0 Å². The van der Waals surface area contributed by atoms with E-state index in [-0.39, 0.29) is 10.8 Å². The Bertz CT molecular complexity index is 3090. The smallest absolute Gasteiger partial charge is 0.0618 e. The molecule has 288 valence electrons. The summed E-state index contributed by atoms with van der Waals surface area (Å²) in [6.45, 7) is 9.51. The molecule has 0 fully saturated rings. The molecule has 0 bridgehead atoms. The average molecular weight is 771 g/mol. The summed E-state index contributed by atoms with van der Waals surface area (Å²) in [4.78, 5) is 5.00. The van der Waals surface area contributed by atoms with Gasteiger partial charge in [0.05, 0.1) is 17.1 Å². The van der Waals surface area contributed by atoms with E-state index >= 15 is 0 Å². The van der Waals surface area contributed by atoms with Crippen LogP contribution < -0.4 is 9.80 Å². The number of rotatable bonds is 6. The fraction of sp³-hybridized carbons (Fsp3) is 0.103. The van der Waals surface area contributed by atoms with Crippen LogP contribution in [0.5, 0.6) is 0 Å². The van der Waals surface area contributed by atoms with E-state index in [0.29, 0.717) is 0 Å². The van der Waals surface area contributed by atoms with Gasteiger partial charge in [-0.15, -0.1) is 0 Å². The third-order valence-electron chi connectivity index (χ3n) is 13.2. The van der Waals surface area contributed by atoms with Gasteiger partial charge in [0, 0.05) is 38.8 Å². The van der Waals surface area contributed by atoms with Crippen LogP contribution in [0.2, 0.25) is 0 Å². The van der Waals surface area contributed by atoms with Crippen molar-refractivity contribution in [3.8, 4) is 33.4 Å². The first-order chi connectivity index (χ1) is 29.3. The molecule has 0 unspecified atom stereocenters. The first kappa shape index (κ1) is 36.0. The summed E-state index contributed by atoms with van der Waals surface area (Å²) in [7, 11) is 0. The van der Waals surface area contributed by atoms with E-state index in [0.717, 1.165) is 17.1 Å². The summed E-state index contributed by atoms with van der Waals surface area (Å²) in [5.74, 6) is 0. The Morgan fingerprint density at radius 3 is 1.63 bits per heavy atom. The van der Waals surface area contributed by atoms with Crippen molar-refractivity contribution in [2.45, 2.75) is 38.5 Å². The predicted molar refractivity (Wildman–Crippen MR) is 254 cm³/mol. The summed E-state index contributed by atoms with van der Waals surface area (Å²) >= 11 is 0. The lowest BCUT2D eigenvalue weighted by Crippen LogP contribution is -2.31. The standard InChI is InChI=1S/C58H46N2/c1-57(2)50-24-14-13-23-48(50)49-35-32-44(37-52(49)57)59(43-30-27-40(28-31-43)39-17-7-5-8-18-39)45-33-36-55-53(38-45)58(3,4)51-25-15-16-26-54(51)60(55)56-46-22-12-11-21-42(46)29-34-47(56)41-19-9-6-10-20-41/h5-38H,1-4H3. The molecule has 0 spiro atoms. The fourth-order valence-corrected chi connectivity index (χ4v) is 10.1. The molecule has 9 aromatic rings. The molecule has 9 aromatic carbocycles. The zero-order valence-corrected chi connectivity index (χ0v) is 34.5. The Hall–Kier alpha value is -7.16. The average Bonchev–Trinajstić information content (AvgIpc) is 3.52. The molecule has 0 saturated heterocycles. The lowest BCUT2D eigenvalue weighted by Gasteiger charge is -2.43. The number of benzene rings is 9. The van der Waals surface area contributed by atoms with Crippen LogP contribution in [0.15, 0.2) is 206 Å². The van der Waals surface area contributed by atoms with Crippen molar-refractivity contribution in [3.05, 3.63) is 229 Å². The molecule has 1 aliphatic carbocycles. The van der Waals surface area contributed by atoms with Gasteiger partial charge in [0.25, 0.3) is 0 Å². The van der Waals surface area contributed by atoms with Crippen molar-refractivity contribution in [1.29, 1.82) is 0 Å². The molecule has 1 aliphatic heterocycles. The number of hydrogen-bond donors (Lipinski definition) is 0. The Morgan fingerprint density at radius 2 is 0.867 bits per heavy atom. The van der Waals surface area contributed by atoms with E-state index in [1.807, 2.05) is 0 Å². The molecule has 0 amide bonds. The van der Waals surface area contributed by atoms with Crippen LogP contribution in [-0.2, 0) is 10.8 Å². The third-order valence-corrected chi connectivity index (χ3v) is 13.2. The molecule has 11 rings (SSSR count). The van der Waals surface area contributed by atoms with Gasteiger partial charge in [-0.25, -0.2) is 0 Å². The summed E-state index contributed by atoms with van der Waals surface area (Å²) in [6.07, 6.45) is 0. The Kier molecular flexibility index (Phi) is 8.22. The molecule has 0 atom stereocenters. The van der Waals surface area contributed by atoms with E-state index < -0.39 is 0 Å². The second-order valence-electron chi connectivity index (χ2n) is 17.4. The van der Waals surface area contributed by atoms with Gasteiger partial charge in [-0.05, 0) is 104 Å². The zero-order chi connectivity index (χ0) is 40.6. The van der Waals surface area contributed by atoms with Crippen LogP contribution in [0.1, 0.15) is 49.9 Å². The lowest BCUT2D eigenvalue weighted by molar-refractivity contribution is 0.632. The molecule has 2 aliphatic rings. The van der Waals surface area contributed by atoms with Gasteiger partial charge in [0.15, 0.2) is 0 Å². The number of nitrogens with zero attached hydrogens (tertiary/aromatic N) is 2. The zero-order valence-electron chi connectivity index (χ0n) is 34.5. The highest BCUT2D eigenvalue weighted by Gasteiger charge is 2.39. The Labute approximate surface area is 353 Å². The van der Waals surface area contributed by atoms with Gasteiger partial charge in [0.2, 0.25) is 0 Å². The SMILES string of the molecule is CC1(C)c2ccccc2-c2ccc(N(c3ccc(-c4ccccc4)cc3)c3ccc4c(c3)C(C)(C)c3ccccc3N4c3c(-c4ccccc4)ccc4ccccc34)cc21. The highest BCUT2D eigenvalue weighted by Crippen LogP contribution is 2.57. The molecule has 0 saturated carbocycles. The van der Waals surface area contributed by atoms with Gasteiger partial charge < -0.3 is 9.80 Å². The topological polar surface area (TPSA) is 6.48 Å². The largest absolute Gasteiger partial charge is 0.310 e. The van der Waals surface area contributed by atoms with Gasteiger partial charge in [-0.2, -0.15) is 0 Å². The summed E-state index contributed by atoms with van der Waals surface area (Å²) in [6, 6.07) is 76.1. The summed E-state index contributed by atoms with van der Waals surface area (Å²) in [5.41, 5.74) is 19.4. The lowest BCUT2D eigenvalue weighted by atomic mass is 9.73. The normalized spacial score (nSPS) is 14.2. The van der Waals surface area contributed by atoms with Crippen LogP contribution in [0.25, 0.3) is 44.2 Å². The Balaban J connectivity index is 1.13. The molecule has 1 heterocycles. The Morgan fingerprint density at radius 1 is 0.350 bits per heavy atom. The van der Waals surface area contributed by atoms with Crippen LogP contribution in [0, 0.1) is 0 Å². The second-order valence-corrected chi connectivity index (χ2v) is 17.4. The summed E-state index contributed by atoms with van der Waals surface area (Å²) < 4.78 is 0. The van der Waals surface area contributed by atoms with E-state index in [1.165, 1.54) is 83.5 Å². The van der Waals surface area contributed by atoms with Crippen LogP contribution in [0.4, 0.5) is 34.1 Å². The van der Waals surface area contributed by atoms with Crippen molar-refractivity contribution >= 4 is 44.9 Å². The first-order valence-corrected chi connectivity index (χ1v) is 21.1. The monoisotopic (exact) mass is 770 g/mol. The minimum absolute atomic E-state index is 0.123. The fourth-order valence-electron chi connectivity index (χ4n) is 10.1. The molecule has 60 heavy (non-hydrogen) atoms. The van der Waals surface area contributed by atoms with Crippen molar-refractivity contribution in [3.63, 3.8) is 0 Å². The van der Waals surface area contributed by atoms with E-state index in [9.17, 15) is 0 Å². The number of hydrogen-bond acceptors (Lipinski definition) is 2. The molecule has 0 radical (unpaired) electrons. The molecule has 2 nitrogen and oxygen atoms in total. The third kappa shape index (κ3) is 5.55. The minimum Gasteiger partial charge on any atom is -0.310 e. The number of anilines is 6. The van der Waals surface area contributed by atoms with E-state index in [4.69, 9.17) is 0 Å². The maximum absolute atomic E-state index is 2.54. The quantitative estimate of drug-likeness (QED) is 0.166. The van der Waals surface area contributed by atoms with Gasteiger partial charge in [-0.1, -0.05) is 185 Å². The molecule has 0 N–H and O–H groups in total. The molecule has 2 heteroatoms. The van der Waals surface area contributed by atoms with Crippen molar-refractivity contribution in [1.82, 2.24) is 0 Å². The second kappa shape index (κ2) is 13.7. The minimum atomic E-state index is -0.291. The van der Waals surface area contributed by atoms with E-state index in [2.05, 4.69) is 244 Å². The highest BCUT2D eigenvalue weighted by atomic mass is 15.2. The van der Waals surface area contributed by atoms with E-state index in [1.54, 1.807) is 0 Å². The molecular weight excluding hydrogens is 725 g/mol. The van der Waals surface area contributed by atoms with Gasteiger partial charge in [-0.3, -0.25) is 0 Å². The summed E-state index contributed by atoms with van der Waals surface area (Å²) in [5, 5.41) is 2.45. The maximum Gasteiger partial charge on any atom is 0.0618 e. The van der Waals surface area contributed by atoms with Gasteiger partial charge >= 0.3 is 0 Å². The highest BCUT2D eigenvalue weighted by molar-refractivity contribution is 6.07. The predicted octanol–water partition coefficient (Wildman–Crippen LogP) is 16.1. The van der Waals surface area contributed by atoms with Crippen LogP contribution in [0.3, 0.4) is 0 Å². The van der Waals surface area contributed by atoms with Gasteiger partial charge in [0.1, 0.15) is 0 Å². The first-order valence-electron chi connectivity index (χ1n) is 21.1. The molecule has 0 aromatic heterocycles. The maximum atomic E-state index is 2.54. The van der Waals surface area contributed by atoms with Crippen LogP contribution >= 0.6 is 0 Å².